The number of carbonyl (C=O) groups excluding carboxylic acids is 5. The summed E-state index contributed by atoms with van der Waals surface area (Å²) in [5.41, 5.74) is 0.772. The second-order valence-corrected chi connectivity index (χ2v) is 10.6. The summed E-state index contributed by atoms with van der Waals surface area (Å²) < 4.78 is 0. The van der Waals surface area contributed by atoms with Gasteiger partial charge in [0.2, 0.25) is 29.5 Å². The van der Waals surface area contributed by atoms with Crippen LogP contribution in [0.3, 0.4) is 0 Å². The summed E-state index contributed by atoms with van der Waals surface area (Å²) in [6, 6.07) is 5.71. The molecule has 0 saturated carbocycles. The van der Waals surface area contributed by atoms with E-state index in [1.807, 2.05) is 12.3 Å². The van der Waals surface area contributed by atoms with Crippen molar-refractivity contribution in [2.24, 2.45) is 5.92 Å². The number of hydrogen-bond acceptors (Lipinski definition) is 7. The monoisotopic (exact) mass is 549 g/mol. The van der Waals surface area contributed by atoms with Crippen LogP contribution in [0.25, 0.3) is 0 Å². The van der Waals surface area contributed by atoms with E-state index >= 15 is 0 Å². The predicted octanol–water partition coefficient (Wildman–Crippen LogP) is -0.568. The Hall–Kier alpha value is -3.12. The Bertz CT molecular complexity index is 974. The van der Waals surface area contributed by atoms with Crippen LogP contribution in [-0.4, -0.2) is 95.4 Å². The fourth-order valence-electron chi connectivity index (χ4n) is 3.97. The lowest BCUT2D eigenvalue weighted by molar-refractivity contribution is -0.137. The molecule has 0 aliphatic carbocycles. The third-order valence-corrected chi connectivity index (χ3v) is 6.74. The Labute approximate surface area is 227 Å². The lowest BCUT2D eigenvalue weighted by atomic mass is 10.0. The van der Waals surface area contributed by atoms with Crippen LogP contribution in [0.5, 0.6) is 0 Å². The molecule has 5 N–H and O–H groups in total. The number of nitrogens with zero attached hydrogens (tertiary/aromatic N) is 1. The Morgan fingerprint density at radius 1 is 1.00 bits per heavy atom. The van der Waals surface area contributed by atoms with Crippen LogP contribution in [0.2, 0.25) is 0 Å². The topological polar surface area (TPSA) is 157 Å². The minimum Gasteiger partial charge on any atom is -0.391 e. The number of thioether (sulfide) groups is 1. The highest BCUT2D eigenvalue weighted by atomic mass is 32.2. The van der Waals surface area contributed by atoms with Gasteiger partial charge in [0.15, 0.2) is 0 Å². The summed E-state index contributed by atoms with van der Waals surface area (Å²) in [6.07, 6.45) is 0.981. The zero-order chi connectivity index (χ0) is 28.2. The maximum absolute atomic E-state index is 13.3. The van der Waals surface area contributed by atoms with Gasteiger partial charge in [-0.25, -0.2) is 0 Å². The molecule has 0 bridgehead atoms. The fraction of sp³-hybridized carbons (Fsp3) is 0.577. The van der Waals surface area contributed by atoms with Gasteiger partial charge in [-0.05, 0) is 24.7 Å². The fourth-order valence-corrected chi connectivity index (χ4v) is 4.35. The number of nitrogens with one attached hydrogen (secondary N) is 4. The largest absolute Gasteiger partial charge is 0.391 e. The molecule has 210 valence electrons. The molecular formula is C26H39N5O6S. The van der Waals surface area contributed by atoms with Crippen LogP contribution in [0.4, 0.5) is 0 Å². The molecule has 0 aromatic heterocycles. The van der Waals surface area contributed by atoms with Crippen molar-refractivity contribution in [1.29, 1.82) is 0 Å². The lowest BCUT2D eigenvalue weighted by Gasteiger charge is -2.27. The van der Waals surface area contributed by atoms with E-state index in [-0.39, 0.29) is 44.3 Å². The van der Waals surface area contributed by atoms with Crippen LogP contribution in [0.1, 0.15) is 32.8 Å². The Morgan fingerprint density at radius 3 is 2.29 bits per heavy atom. The maximum atomic E-state index is 13.3. The summed E-state index contributed by atoms with van der Waals surface area (Å²) in [4.78, 5) is 66.4. The molecule has 1 aromatic carbocycles. The van der Waals surface area contributed by atoms with E-state index in [0.29, 0.717) is 5.75 Å². The van der Waals surface area contributed by atoms with E-state index in [1.165, 1.54) is 23.6 Å². The molecule has 11 nitrogen and oxygen atoms in total. The minimum atomic E-state index is -1.29. The molecule has 0 unspecified atom stereocenters. The van der Waals surface area contributed by atoms with Crippen molar-refractivity contribution in [3.63, 3.8) is 0 Å². The van der Waals surface area contributed by atoms with Gasteiger partial charge in [0.1, 0.15) is 18.1 Å². The lowest BCUT2D eigenvalue weighted by Crippen LogP contribution is -2.60. The van der Waals surface area contributed by atoms with Gasteiger partial charge >= 0.3 is 0 Å². The van der Waals surface area contributed by atoms with Gasteiger partial charge in [-0.3, -0.25) is 24.0 Å². The summed E-state index contributed by atoms with van der Waals surface area (Å²) in [7, 11) is 0. The highest BCUT2D eigenvalue weighted by Gasteiger charge is 2.33. The summed E-state index contributed by atoms with van der Waals surface area (Å²) in [5, 5.41) is 20.8. The highest BCUT2D eigenvalue weighted by Crippen LogP contribution is 2.09. The van der Waals surface area contributed by atoms with Crippen molar-refractivity contribution >= 4 is 41.3 Å². The van der Waals surface area contributed by atoms with E-state index in [4.69, 9.17) is 0 Å². The first kappa shape index (κ1) is 31.1. The molecule has 1 aliphatic rings. The molecule has 1 aromatic rings. The standard InChI is InChI=1S/C26H39N5O6S/c1-16(2)22-26(37)28-19(14-18-8-6-5-7-9-18)24(35)30-23(17(3)32)25(36)27-11-12-31(15-20(33)29-22)21(34)10-13-38-4/h5-9,16-17,19,22-23,32H,10-15H2,1-4H3,(H,27,36)(H,28,37)(H,29,33)(H,30,35)/t17-,19+,22-,23+/m1/s1. The average Bonchev–Trinajstić information content (AvgIpc) is 2.87. The van der Waals surface area contributed by atoms with E-state index in [9.17, 15) is 29.1 Å². The number of aliphatic hydroxyl groups is 1. The molecule has 5 amide bonds. The highest BCUT2D eigenvalue weighted by molar-refractivity contribution is 7.98. The van der Waals surface area contributed by atoms with Crippen LogP contribution in [-0.2, 0) is 30.4 Å². The zero-order valence-corrected chi connectivity index (χ0v) is 23.2. The Kier molecular flexibility index (Phi) is 12.5. The number of rotatable bonds is 7. The Balaban J connectivity index is 2.39. The van der Waals surface area contributed by atoms with Crippen molar-refractivity contribution in [2.75, 3.05) is 31.6 Å². The van der Waals surface area contributed by atoms with E-state index in [1.54, 1.807) is 38.1 Å². The number of hydrogen-bond donors (Lipinski definition) is 5. The normalized spacial score (nSPS) is 22.9. The van der Waals surface area contributed by atoms with Crippen molar-refractivity contribution in [3.05, 3.63) is 35.9 Å². The third kappa shape index (κ3) is 9.64. The third-order valence-electron chi connectivity index (χ3n) is 6.13. The molecule has 38 heavy (non-hydrogen) atoms. The Morgan fingerprint density at radius 2 is 1.68 bits per heavy atom. The quantitative estimate of drug-likeness (QED) is 0.305. The molecule has 0 spiro atoms. The summed E-state index contributed by atoms with van der Waals surface area (Å²) in [5.74, 6) is -2.40. The van der Waals surface area contributed by atoms with Gasteiger partial charge in [0.05, 0.1) is 12.6 Å². The number of benzene rings is 1. The van der Waals surface area contributed by atoms with E-state index < -0.39 is 47.9 Å². The molecule has 2 rings (SSSR count). The first-order valence-corrected chi connectivity index (χ1v) is 14.1. The summed E-state index contributed by atoms with van der Waals surface area (Å²) in [6.45, 7) is 4.66. The van der Waals surface area contributed by atoms with Crippen LogP contribution in [0, 0.1) is 5.92 Å². The van der Waals surface area contributed by atoms with Crippen molar-refractivity contribution < 1.29 is 29.1 Å². The molecule has 1 aliphatic heterocycles. The smallest absolute Gasteiger partial charge is 0.245 e. The summed E-state index contributed by atoms with van der Waals surface area (Å²) >= 11 is 1.50. The van der Waals surface area contributed by atoms with Crippen LogP contribution >= 0.6 is 11.8 Å². The van der Waals surface area contributed by atoms with E-state index in [0.717, 1.165) is 5.56 Å². The van der Waals surface area contributed by atoms with Gasteiger partial charge in [-0.15, -0.1) is 0 Å². The van der Waals surface area contributed by atoms with Gasteiger partial charge in [-0.2, -0.15) is 11.8 Å². The SMILES string of the molecule is CSCCC(=O)N1CCNC(=O)[C@H]([C@@H](C)O)NC(=O)[C@H](Cc2ccccc2)NC(=O)[C@@H](C(C)C)NC(=O)C1. The zero-order valence-electron chi connectivity index (χ0n) is 22.4. The maximum Gasteiger partial charge on any atom is 0.245 e. The minimum absolute atomic E-state index is 0.00838. The van der Waals surface area contributed by atoms with E-state index in [2.05, 4.69) is 21.3 Å². The van der Waals surface area contributed by atoms with Gasteiger partial charge in [-0.1, -0.05) is 44.2 Å². The second-order valence-electron chi connectivity index (χ2n) is 9.62. The van der Waals surface area contributed by atoms with Gasteiger partial charge < -0.3 is 31.3 Å². The molecule has 4 atom stereocenters. The molecule has 1 fully saturated rings. The predicted molar refractivity (Wildman–Crippen MR) is 145 cm³/mol. The molecule has 1 saturated heterocycles. The molecule has 12 heteroatoms. The molecular weight excluding hydrogens is 510 g/mol. The van der Waals surface area contributed by atoms with Crippen molar-refractivity contribution in [2.45, 2.75) is 57.8 Å². The van der Waals surface area contributed by atoms with Crippen LogP contribution in [0.15, 0.2) is 30.3 Å². The number of amides is 5. The van der Waals surface area contributed by atoms with Crippen LogP contribution < -0.4 is 21.3 Å². The van der Waals surface area contributed by atoms with Crippen molar-refractivity contribution in [1.82, 2.24) is 26.2 Å². The first-order chi connectivity index (χ1) is 18.0. The second kappa shape index (κ2) is 15.3. The van der Waals surface area contributed by atoms with Crippen molar-refractivity contribution in [3.8, 4) is 0 Å². The molecule has 0 radical (unpaired) electrons. The first-order valence-electron chi connectivity index (χ1n) is 12.7. The number of aliphatic hydroxyl groups excluding tert-OH is 1. The molecule has 1 heterocycles. The van der Waals surface area contributed by atoms with Gasteiger partial charge in [0, 0.05) is 31.7 Å². The average molecular weight is 550 g/mol. The number of carbonyl (C=O) groups is 5. The van der Waals surface area contributed by atoms with Gasteiger partial charge in [0.25, 0.3) is 0 Å².